The summed E-state index contributed by atoms with van der Waals surface area (Å²) in [4.78, 5) is 14.0. The molecule has 1 aliphatic rings. The number of hydrogen-bond acceptors (Lipinski definition) is 7. The quantitative estimate of drug-likeness (QED) is 0.517. The van der Waals surface area contributed by atoms with E-state index in [9.17, 15) is 4.79 Å². The van der Waals surface area contributed by atoms with Gasteiger partial charge in [-0.25, -0.2) is 5.84 Å². The van der Waals surface area contributed by atoms with Gasteiger partial charge in [0.05, 0.1) is 12.0 Å². The summed E-state index contributed by atoms with van der Waals surface area (Å²) in [6, 6.07) is 0. The molecule has 4 N–H and O–H groups in total. The molecule has 7 nitrogen and oxygen atoms in total. The minimum atomic E-state index is -0.297. The van der Waals surface area contributed by atoms with E-state index in [0.29, 0.717) is 11.7 Å². The van der Waals surface area contributed by atoms with Crippen molar-refractivity contribution in [2.45, 2.75) is 19.9 Å². The predicted octanol–water partition coefficient (Wildman–Crippen LogP) is -0.218. The molecule has 1 saturated heterocycles. The van der Waals surface area contributed by atoms with Crippen LogP contribution in [0, 0.1) is 5.41 Å². The van der Waals surface area contributed by atoms with Crippen molar-refractivity contribution >= 4 is 22.4 Å². The lowest BCUT2D eigenvalue weighted by atomic mass is 9.89. The van der Waals surface area contributed by atoms with Gasteiger partial charge in [-0.2, -0.15) is 0 Å². The van der Waals surface area contributed by atoms with Crippen LogP contribution in [0.5, 0.6) is 0 Å². The van der Waals surface area contributed by atoms with E-state index in [4.69, 9.17) is 5.84 Å². The van der Waals surface area contributed by atoms with Crippen LogP contribution in [0.2, 0.25) is 0 Å². The third-order valence-electron chi connectivity index (χ3n) is 3.28. The summed E-state index contributed by atoms with van der Waals surface area (Å²) in [7, 11) is 1.68. The molecule has 1 aliphatic heterocycles. The topological polar surface area (TPSA) is 96.2 Å². The fraction of sp³-hybridized carbons (Fsp3) is 0.700. The average molecular weight is 270 g/mol. The number of likely N-dealkylation sites (tertiary alicyclic amines) is 1. The highest BCUT2D eigenvalue weighted by molar-refractivity contribution is 7.15. The number of nitrogen functional groups attached to an aromatic ring is 1. The smallest absolute Gasteiger partial charge is 0.227 e. The number of nitrogens with zero attached hydrogens (tertiary/aromatic N) is 3. The Morgan fingerprint density at radius 3 is 3.00 bits per heavy atom. The summed E-state index contributed by atoms with van der Waals surface area (Å²) in [6.45, 7) is 4.36. The normalized spacial score (nSPS) is 24.2. The Morgan fingerprint density at radius 1 is 1.61 bits per heavy atom. The molecule has 0 radical (unpaired) electrons. The number of anilines is 1. The minimum Gasteiger partial charge on any atom is -0.359 e. The first-order valence-corrected chi connectivity index (χ1v) is 6.62. The highest BCUT2D eigenvalue weighted by Gasteiger charge is 2.39. The molecule has 2 heterocycles. The van der Waals surface area contributed by atoms with E-state index in [1.165, 1.54) is 11.3 Å². The number of hydrazine groups is 1. The van der Waals surface area contributed by atoms with Crippen molar-refractivity contribution in [1.82, 2.24) is 20.4 Å². The minimum absolute atomic E-state index is 0.103. The first-order valence-electron chi connectivity index (χ1n) is 5.81. The van der Waals surface area contributed by atoms with Crippen LogP contribution in [-0.4, -0.2) is 41.1 Å². The number of carbonyl (C=O) groups excluding carboxylic acids is 1. The third-order valence-corrected chi connectivity index (χ3v) is 4.12. The van der Waals surface area contributed by atoms with Crippen molar-refractivity contribution in [1.29, 1.82) is 0 Å². The molecule has 1 atom stereocenters. The summed E-state index contributed by atoms with van der Waals surface area (Å²) in [5.41, 5.74) is 2.18. The van der Waals surface area contributed by atoms with Crippen LogP contribution in [0.15, 0.2) is 0 Å². The highest BCUT2D eigenvalue weighted by atomic mass is 32.1. The molecular formula is C10H18N6OS. The number of nitrogens with one attached hydrogen (secondary N) is 2. The van der Waals surface area contributed by atoms with E-state index in [1.807, 2.05) is 6.92 Å². The van der Waals surface area contributed by atoms with E-state index >= 15 is 0 Å². The lowest BCUT2D eigenvalue weighted by Gasteiger charge is -2.22. The molecule has 0 aromatic carbocycles. The second-order valence-corrected chi connectivity index (χ2v) is 5.81. The van der Waals surface area contributed by atoms with E-state index in [1.54, 1.807) is 7.05 Å². The van der Waals surface area contributed by atoms with Crippen molar-refractivity contribution in [2.24, 2.45) is 11.3 Å². The Morgan fingerprint density at radius 2 is 2.39 bits per heavy atom. The number of hydrogen-bond donors (Lipinski definition) is 3. The molecule has 0 saturated carbocycles. The second-order valence-electron chi connectivity index (χ2n) is 4.75. The number of aromatic nitrogens is 2. The van der Waals surface area contributed by atoms with Crippen LogP contribution >= 0.6 is 11.3 Å². The maximum absolute atomic E-state index is 11.8. The van der Waals surface area contributed by atoms with Crippen LogP contribution in [0.25, 0.3) is 0 Å². The van der Waals surface area contributed by atoms with Crippen LogP contribution in [-0.2, 0) is 11.3 Å². The molecular weight excluding hydrogens is 252 g/mol. The molecule has 0 aliphatic carbocycles. The molecule has 100 valence electrons. The average Bonchev–Trinajstić information content (AvgIpc) is 2.96. The first kappa shape index (κ1) is 13.2. The Hall–Kier alpha value is -1.25. The van der Waals surface area contributed by atoms with Gasteiger partial charge in [-0.3, -0.25) is 15.1 Å². The van der Waals surface area contributed by atoms with Crippen molar-refractivity contribution in [3.8, 4) is 0 Å². The molecule has 1 amide bonds. The van der Waals surface area contributed by atoms with E-state index in [2.05, 4.69) is 25.8 Å². The zero-order chi connectivity index (χ0) is 13.2. The van der Waals surface area contributed by atoms with Gasteiger partial charge in [-0.05, 0) is 19.9 Å². The summed E-state index contributed by atoms with van der Waals surface area (Å²) in [6.07, 6.45) is 0.869. The summed E-state index contributed by atoms with van der Waals surface area (Å²) < 4.78 is 0. The lowest BCUT2D eigenvalue weighted by molar-refractivity contribution is -0.129. The van der Waals surface area contributed by atoms with Gasteiger partial charge in [0, 0.05) is 13.6 Å². The number of carbonyl (C=O) groups is 1. The van der Waals surface area contributed by atoms with Gasteiger partial charge >= 0.3 is 0 Å². The highest BCUT2D eigenvalue weighted by Crippen LogP contribution is 2.31. The number of rotatable bonds is 4. The van der Waals surface area contributed by atoms with Gasteiger partial charge in [-0.1, -0.05) is 11.3 Å². The Bertz CT molecular complexity index is 436. The third kappa shape index (κ3) is 2.60. The maximum atomic E-state index is 11.8. The summed E-state index contributed by atoms with van der Waals surface area (Å²) in [5, 5.41) is 12.2. The van der Waals surface area contributed by atoms with Crippen molar-refractivity contribution < 1.29 is 4.79 Å². The summed E-state index contributed by atoms with van der Waals surface area (Å²) in [5.74, 6) is 5.37. The van der Waals surface area contributed by atoms with Crippen LogP contribution in [0.4, 0.5) is 5.13 Å². The van der Waals surface area contributed by atoms with Crippen LogP contribution < -0.4 is 16.6 Å². The van der Waals surface area contributed by atoms with E-state index in [-0.39, 0.29) is 11.3 Å². The van der Waals surface area contributed by atoms with Crippen LogP contribution in [0.3, 0.4) is 0 Å². The Balaban J connectivity index is 1.95. The number of amides is 1. The fourth-order valence-corrected chi connectivity index (χ4v) is 2.94. The Kier molecular flexibility index (Phi) is 3.79. The maximum Gasteiger partial charge on any atom is 0.227 e. The summed E-state index contributed by atoms with van der Waals surface area (Å²) >= 11 is 1.43. The van der Waals surface area contributed by atoms with E-state index < -0.39 is 0 Å². The van der Waals surface area contributed by atoms with Gasteiger partial charge in [0.25, 0.3) is 0 Å². The monoisotopic (exact) mass is 270 g/mol. The van der Waals surface area contributed by atoms with Crippen LogP contribution in [0.1, 0.15) is 18.4 Å². The predicted molar refractivity (Wildman–Crippen MR) is 69.8 cm³/mol. The largest absolute Gasteiger partial charge is 0.359 e. The molecule has 8 heteroatoms. The molecule has 1 aromatic rings. The molecule has 0 bridgehead atoms. The van der Waals surface area contributed by atoms with Gasteiger partial charge in [0.15, 0.2) is 0 Å². The molecule has 0 spiro atoms. The van der Waals surface area contributed by atoms with Crippen molar-refractivity contribution in [3.63, 3.8) is 0 Å². The van der Waals surface area contributed by atoms with Crippen molar-refractivity contribution in [3.05, 3.63) is 5.01 Å². The molecule has 1 aromatic heterocycles. The fourth-order valence-electron chi connectivity index (χ4n) is 2.25. The Labute approximate surface area is 110 Å². The second kappa shape index (κ2) is 5.17. The molecule has 18 heavy (non-hydrogen) atoms. The van der Waals surface area contributed by atoms with Gasteiger partial charge in [-0.15, -0.1) is 10.2 Å². The zero-order valence-corrected chi connectivity index (χ0v) is 11.4. The first-order chi connectivity index (χ1) is 8.57. The number of nitrogens with two attached hydrogens (primary N) is 1. The lowest BCUT2D eigenvalue weighted by Crippen LogP contribution is -2.39. The van der Waals surface area contributed by atoms with Gasteiger partial charge in [0.2, 0.25) is 11.0 Å². The standard InChI is InChI=1S/C10H18N6OS/c1-10(8(17)12-2)3-4-16(6-10)5-7-14-15-9(13-11)18-7/h3-6,11H2,1-2H3,(H,12,17)(H,13,15). The molecule has 2 rings (SSSR count). The van der Waals surface area contributed by atoms with Crippen molar-refractivity contribution in [2.75, 3.05) is 25.6 Å². The zero-order valence-electron chi connectivity index (χ0n) is 10.6. The molecule has 1 fully saturated rings. The van der Waals surface area contributed by atoms with Gasteiger partial charge < -0.3 is 5.32 Å². The van der Waals surface area contributed by atoms with E-state index in [0.717, 1.165) is 24.5 Å². The van der Waals surface area contributed by atoms with Gasteiger partial charge in [0.1, 0.15) is 5.01 Å². The SMILES string of the molecule is CNC(=O)C1(C)CCN(Cc2nnc(NN)s2)C1. The molecule has 1 unspecified atom stereocenters.